The van der Waals surface area contributed by atoms with E-state index in [2.05, 4.69) is 29.6 Å². The van der Waals surface area contributed by atoms with Gasteiger partial charge in [-0.2, -0.15) is 0 Å². The number of hydrogen-bond donors (Lipinski definition) is 2. The van der Waals surface area contributed by atoms with Crippen LogP contribution in [0.25, 0.3) is 11.1 Å². The van der Waals surface area contributed by atoms with Crippen LogP contribution in [-0.4, -0.2) is 53.2 Å². The Labute approximate surface area is 194 Å². The molecule has 2 N–H and O–H groups in total. The van der Waals surface area contributed by atoms with Crippen molar-refractivity contribution in [3.05, 3.63) is 59.7 Å². The van der Waals surface area contributed by atoms with Crippen LogP contribution in [0.4, 0.5) is 4.79 Å². The topological polar surface area (TPSA) is 95.9 Å². The molecule has 1 atom stereocenters. The first-order valence-electron chi connectivity index (χ1n) is 11.5. The molecule has 0 bridgehead atoms. The highest BCUT2D eigenvalue weighted by molar-refractivity contribution is 5.86. The van der Waals surface area contributed by atoms with Crippen molar-refractivity contribution < 1.29 is 24.2 Å². The van der Waals surface area contributed by atoms with Crippen LogP contribution in [0.1, 0.15) is 57.1 Å². The van der Waals surface area contributed by atoms with Crippen LogP contribution in [0.15, 0.2) is 48.5 Å². The molecule has 0 fully saturated rings. The molecule has 0 radical (unpaired) electrons. The molecule has 1 aliphatic carbocycles. The molecule has 3 rings (SSSR count). The lowest BCUT2D eigenvalue weighted by atomic mass is 9.98. The summed E-state index contributed by atoms with van der Waals surface area (Å²) in [5.74, 6) is -1.18. The number of fused-ring (bicyclic) bond motifs is 3. The number of carbonyl (C=O) groups is 3. The van der Waals surface area contributed by atoms with Crippen LogP contribution in [0.3, 0.4) is 0 Å². The third-order valence-electron chi connectivity index (χ3n) is 6.04. The van der Waals surface area contributed by atoms with E-state index < -0.39 is 18.1 Å². The molecule has 33 heavy (non-hydrogen) atoms. The van der Waals surface area contributed by atoms with Crippen LogP contribution in [-0.2, 0) is 14.3 Å². The first-order valence-corrected chi connectivity index (χ1v) is 11.5. The first kappa shape index (κ1) is 24.3. The molecule has 2 aromatic carbocycles. The Morgan fingerprint density at radius 3 is 2.12 bits per heavy atom. The summed E-state index contributed by atoms with van der Waals surface area (Å²) in [5, 5.41) is 11.6. The largest absolute Gasteiger partial charge is 0.481 e. The zero-order chi connectivity index (χ0) is 24.0. The van der Waals surface area contributed by atoms with Gasteiger partial charge < -0.3 is 20.1 Å². The Morgan fingerprint density at radius 1 is 1.03 bits per heavy atom. The number of amides is 2. The highest BCUT2D eigenvalue weighted by Crippen LogP contribution is 2.44. The van der Waals surface area contributed by atoms with Crippen molar-refractivity contribution in [3.63, 3.8) is 0 Å². The summed E-state index contributed by atoms with van der Waals surface area (Å²) in [6.45, 7) is 6.07. The zero-order valence-corrected chi connectivity index (χ0v) is 19.4. The number of rotatable bonds is 10. The molecule has 0 heterocycles. The molecule has 0 spiro atoms. The smallest absolute Gasteiger partial charge is 0.407 e. The summed E-state index contributed by atoms with van der Waals surface area (Å²) in [6.07, 6.45) is 0.130. The van der Waals surface area contributed by atoms with Crippen molar-refractivity contribution >= 4 is 18.0 Å². The van der Waals surface area contributed by atoms with E-state index in [1.807, 2.05) is 45.0 Å². The van der Waals surface area contributed by atoms with Crippen LogP contribution in [0, 0.1) is 0 Å². The van der Waals surface area contributed by atoms with E-state index in [-0.39, 0.29) is 30.9 Å². The maximum absolute atomic E-state index is 13.0. The Balaban J connectivity index is 1.62. The summed E-state index contributed by atoms with van der Waals surface area (Å²) >= 11 is 0. The third kappa shape index (κ3) is 5.72. The number of carboxylic acids is 1. The average Bonchev–Trinajstić information content (AvgIpc) is 3.12. The quantitative estimate of drug-likeness (QED) is 0.557. The second-order valence-electron chi connectivity index (χ2n) is 8.55. The van der Waals surface area contributed by atoms with Gasteiger partial charge in [-0.25, -0.2) is 4.79 Å². The van der Waals surface area contributed by atoms with Crippen LogP contribution in [0.5, 0.6) is 0 Å². The van der Waals surface area contributed by atoms with Crippen molar-refractivity contribution in [1.82, 2.24) is 10.2 Å². The van der Waals surface area contributed by atoms with E-state index in [9.17, 15) is 14.4 Å². The predicted octanol–water partition coefficient (Wildman–Crippen LogP) is 4.41. The normalized spacial score (nSPS) is 13.2. The van der Waals surface area contributed by atoms with Gasteiger partial charge in [0.1, 0.15) is 12.6 Å². The van der Waals surface area contributed by atoms with E-state index in [1.54, 1.807) is 4.90 Å². The van der Waals surface area contributed by atoms with Gasteiger partial charge in [0.25, 0.3) is 0 Å². The van der Waals surface area contributed by atoms with Gasteiger partial charge in [0.05, 0.1) is 0 Å². The van der Waals surface area contributed by atoms with E-state index >= 15 is 0 Å². The average molecular weight is 453 g/mol. The second kappa shape index (κ2) is 11.0. The van der Waals surface area contributed by atoms with Crippen molar-refractivity contribution in [2.45, 2.75) is 58.0 Å². The number of alkyl carbamates (subject to hydrolysis) is 1. The molecular weight excluding hydrogens is 420 g/mol. The van der Waals surface area contributed by atoms with E-state index in [1.165, 1.54) is 0 Å². The Kier molecular flexibility index (Phi) is 8.09. The molecule has 7 nitrogen and oxygen atoms in total. The minimum Gasteiger partial charge on any atom is -0.481 e. The van der Waals surface area contributed by atoms with Crippen LogP contribution in [0.2, 0.25) is 0 Å². The number of ether oxygens (including phenoxy) is 1. The lowest BCUT2D eigenvalue weighted by molar-refractivity contribution is -0.139. The molecular formula is C26H32N2O5. The number of benzene rings is 2. The molecule has 7 heteroatoms. The fraction of sp³-hybridized carbons (Fsp3) is 0.423. The molecule has 0 saturated carbocycles. The Morgan fingerprint density at radius 2 is 1.61 bits per heavy atom. The Bertz CT molecular complexity index is 958. The highest BCUT2D eigenvalue weighted by Gasteiger charge is 2.30. The molecule has 0 aromatic heterocycles. The molecule has 176 valence electrons. The summed E-state index contributed by atoms with van der Waals surface area (Å²) in [6, 6.07) is 15.4. The van der Waals surface area contributed by atoms with Gasteiger partial charge in [0, 0.05) is 24.9 Å². The van der Waals surface area contributed by atoms with Gasteiger partial charge in [0.15, 0.2) is 0 Å². The lowest BCUT2D eigenvalue weighted by Crippen LogP contribution is -2.51. The maximum atomic E-state index is 13.0. The number of nitrogens with one attached hydrogen (secondary N) is 1. The first-order chi connectivity index (χ1) is 15.8. The van der Waals surface area contributed by atoms with Crippen molar-refractivity contribution in [2.75, 3.05) is 13.2 Å². The lowest BCUT2D eigenvalue weighted by Gasteiger charge is -2.30. The molecule has 1 aliphatic rings. The molecule has 0 unspecified atom stereocenters. The summed E-state index contributed by atoms with van der Waals surface area (Å²) < 4.78 is 5.58. The standard InChI is InChI=1S/C26H32N2O5/c1-4-23(25(31)28(17(2)3)15-9-14-24(29)30)27-26(32)33-16-22-20-12-7-5-10-18(20)19-11-6-8-13-21(19)22/h5-8,10-13,17,22-23H,4,9,14-16H2,1-3H3,(H,27,32)(H,29,30)/t23-/m1/s1. The SMILES string of the molecule is CC[C@@H](NC(=O)OCC1c2ccccc2-c2ccccc21)C(=O)N(CCCC(=O)O)C(C)C. The minimum atomic E-state index is -0.894. The third-order valence-corrected chi connectivity index (χ3v) is 6.04. The van der Waals surface area contributed by atoms with E-state index in [4.69, 9.17) is 9.84 Å². The number of aliphatic carboxylic acids is 1. The number of hydrogen-bond acceptors (Lipinski definition) is 4. The van der Waals surface area contributed by atoms with Gasteiger partial charge in [-0.3, -0.25) is 9.59 Å². The van der Waals surface area contributed by atoms with Gasteiger partial charge in [0.2, 0.25) is 5.91 Å². The fourth-order valence-corrected chi connectivity index (χ4v) is 4.34. The fourth-order valence-electron chi connectivity index (χ4n) is 4.34. The van der Waals surface area contributed by atoms with Crippen molar-refractivity contribution in [3.8, 4) is 11.1 Å². The minimum absolute atomic E-state index is 0.00685. The Hall–Kier alpha value is -3.35. The number of carbonyl (C=O) groups excluding carboxylic acids is 2. The highest BCUT2D eigenvalue weighted by atomic mass is 16.5. The summed E-state index contributed by atoms with van der Waals surface area (Å²) in [7, 11) is 0. The summed E-state index contributed by atoms with van der Waals surface area (Å²) in [5.41, 5.74) is 4.55. The predicted molar refractivity (Wildman–Crippen MR) is 126 cm³/mol. The van der Waals surface area contributed by atoms with Crippen molar-refractivity contribution in [2.24, 2.45) is 0 Å². The molecule has 0 saturated heterocycles. The monoisotopic (exact) mass is 452 g/mol. The maximum Gasteiger partial charge on any atom is 0.407 e. The van der Waals surface area contributed by atoms with E-state index in [0.717, 1.165) is 22.3 Å². The van der Waals surface area contributed by atoms with Gasteiger partial charge in [-0.15, -0.1) is 0 Å². The van der Waals surface area contributed by atoms with Crippen molar-refractivity contribution in [1.29, 1.82) is 0 Å². The molecule has 0 aliphatic heterocycles. The zero-order valence-electron chi connectivity index (χ0n) is 19.4. The van der Waals surface area contributed by atoms with Gasteiger partial charge in [-0.05, 0) is 48.9 Å². The van der Waals surface area contributed by atoms with Gasteiger partial charge in [-0.1, -0.05) is 55.5 Å². The molecule has 2 amide bonds. The van der Waals surface area contributed by atoms with E-state index in [0.29, 0.717) is 19.4 Å². The molecule has 2 aromatic rings. The van der Waals surface area contributed by atoms with Gasteiger partial charge >= 0.3 is 12.1 Å². The number of carboxylic acid groups (broad SMARTS) is 1. The van der Waals surface area contributed by atoms with Crippen LogP contribution >= 0.6 is 0 Å². The second-order valence-corrected chi connectivity index (χ2v) is 8.55. The van der Waals surface area contributed by atoms with Crippen LogP contribution < -0.4 is 5.32 Å². The number of nitrogens with zero attached hydrogens (tertiary/aromatic N) is 1. The summed E-state index contributed by atoms with van der Waals surface area (Å²) in [4.78, 5) is 38.1.